The first-order valence-electron chi connectivity index (χ1n) is 6.41. The minimum absolute atomic E-state index is 0.118. The molecule has 0 saturated heterocycles. The van der Waals surface area contributed by atoms with E-state index >= 15 is 0 Å². The summed E-state index contributed by atoms with van der Waals surface area (Å²) in [5.41, 5.74) is 5.02. The first-order valence-corrected chi connectivity index (χ1v) is 6.41. The molecule has 2 N–H and O–H groups in total. The smallest absolute Gasteiger partial charge is 0.239 e. The lowest BCUT2D eigenvalue weighted by Gasteiger charge is -2.04. The first-order chi connectivity index (χ1) is 9.70. The maximum Gasteiger partial charge on any atom is 0.239 e. The topological polar surface area (TPSA) is 61.7 Å². The van der Waals surface area contributed by atoms with Gasteiger partial charge in [0.2, 0.25) is 5.91 Å². The lowest BCUT2D eigenvalue weighted by molar-refractivity contribution is -0.120. The fraction of sp³-hybridized carbons (Fsp3) is 0.125. The fourth-order valence-corrected chi connectivity index (χ4v) is 1.72. The Labute approximate surface area is 117 Å². The minimum atomic E-state index is -0.118. The Morgan fingerprint density at radius 1 is 1.20 bits per heavy atom. The summed E-state index contributed by atoms with van der Waals surface area (Å²) in [6.07, 6.45) is 1.99. The molecule has 2 aromatic carbocycles. The number of carbonyl (C=O) groups excluding carboxylic acids is 1. The van der Waals surface area contributed by atoms with E-state index in [2.05, 4.69) is 10.5 Å². The lowest BCUT2D eigenvalue weighted by atomic mass is 10.0. The average molecular weight is 268 g/mol. The molecule has 0 aliphatic rings. The number of aromatic hydroxyl groups is 1. The molecule has 0 radical (unpaired) electrons. The van der Waals surface area contributed by atoms with Crippen molar-refractivity contribution in [1.82, 2.24) is 5.43 Å². The van der Waals surface area contributed by atoms with E-state index < -0.39 is 0 Å². The third-order valence-electron chi connectivity index (χ3n) is 2.85. The van der Waals surface area contributed by atoms with Crippen LogP contribution in [0.3, 0.4) is 0 Å². The molecule has 0 aliphatic heterocycles. The van der Waals surface area contributed by atoms with E-state index in [1.807, 2.05) is 36.4 Å². The molecule has 102 valence electrons. The number of benzene rings is 2. The van der Waals surface area contributed by atoms with Gasteiger partial charge in [-0.2, -0.15) is 5.10 Å². The van der Waals surface area contributed by atoms with Crippen molar-refractivity contribution in [3.05, 3.63) is 54.1 Å². The largest absolute Gasteiger partial charge is 0.507 e. The Morgan fingerprint density at radius 2 is 1.90 bits per heavy atom. The third kappa shape index (κ3) is 3.45. The Hall–Kier alpha value is -2.62. The maximum absolute atomic E-state index is 11.0. The Balaban J connectivity index is 2.11. The molecule has 0 aliphatic carbocycles. The van der Waals surface area contributed by atoms with Gasteiger partial charge >= 0.3 is 0 Å². The van der Waals surface area contributed by atoms with Crippen LogP contribution in [0.25, 0.3) is 11.1 Å². The van der Waals surface area contributed by atoms with Crippen LogP contribution < -0.4 is 5.43 Å². The van der Waals surface area contributed by atoms with Crippen LogP contribution in [0.1, 0.15) is 18.9 Å². The van der Waals surface area contributed by atoms with E-state index in [4.69, 9.17) is 0 Å². The summed E-state index contributed by atoms with van der Waals surface area (Å²) in [6.45, 7) is 1.77. The van der Waals surface area contributed by atoms with Gasteiger partial charge in [0.25, 0.3) is 0 Å². The molecular formula is C16H16N2O2. The van der Waals surface area contributed by atoms with Gasteiger partial charge in [-0.1, -0.05) is 49.4 Å². The van der Waals surface area contributed by atoms with Gasteiger partial charge < -0.3 is 5.11 Å². The summed E-state index contributed by atoms with van der Waals surface area (Å²) in [6, 6.07) is 14.7. The molecular weight excluding hydrogens is 252 g/mol. The van der Waals surface area contributed by atoms with Gasteiger partial charge in [-0.15, -0.1) is 0 Å². The number of carbonyl (C=O) groups is 1. The number of amides is 1. The fourth-order valence-electron chi connectivity index (χ4n) is 1.72. The van der Waals surface area contributed by atoms with Crippen LogP contribution in [0.2, 0.25) is 0 Å². The van der Waals surface area contributed by atoms with E-state index in [1.54, 1.807) is 25.3 Å². The molecule has 0 heterocycles. The SMILES string of the molecule is CCC(=O)N/N=C/c1ccc(-c2ccccc2O)cc1. The van der Waals surface area contributed by atoms with E-state index in [9.17, 15) is 9.90 Å². The number of nitrogens with one attached hydrogen (secondary N) is 1. The van der Waals surface area contributed by atoms with Crippen molar-refractivity contribution >= 4 is 12.1 Å². The molecule has 0 bridgehead atoms. The minimum Gasteiger partial charge on any atom is -0.507 e. The third-order valence-corrected chi connectivity index (χ3v) is 2.85. The first kappa shape index (κ1) is 13.8. The number of hydrogen-bond donors (Lipinski definition) is 2. The number of phenols is 1. The van der Waals surface area contributed by atoms with Crippen molar-refractivity contribution in [2.24, 2.45) is 5.10 Å². The molecule has 0 saturated carbocycles. The highest BCUT2D eigenvalue weighted by molar-refractivity contribution is 5.83. The Morgan fingerprint density at radius 3 is 2.55 bits per heavy atom. The summed E-state index contributed by atoms with van der Waals surface area (Å²) in [5.74, 6) is 0.135. The van der Waals surface area contributed by atoms with Gasteiger partial charge in [-0.3, -0.25) is 4.79 Å². The lowest BCUT2D eigenvalue weighted by Crippen LogP contribution is -2.15. The predicted octanol–water partition coefficient (Wildman–Crippen LogP) is 2.92. The Kier molecular flexibility index (Phi) is 4.50. The predicted molar refractivity (Wildman–Crippen MR) is 79.6 cm³/mol. The maximum atomic E-state index is 11.0. The van der Waals surface area contributed by atoms with Gasteiger partial charge in [0.1, 0.15) is 5.75 Å². The van der Waals surface area contributed by atoms with E-state index in [-0.39, 0.29) is 11.7 Å². The summed E-state index contributed by atoms with van der Waals surface area (Å²) < 4.78 is 0. The Bertz CT molecular complexity index is 619. The molecule has 0 spiro atoms. The molecule has 0 atom stereocenters. The second-order valence-electron chi connectivity index (χ2n) is 4.29. The number of para-hydroxylation sites is 1. The monoisotopic (exact) mass is 268 g/mol. The van der Waals surface area contributed by atoms with Gasteiger partial charge in [0.15, 0.2) is 0 Å². The molecule has 20 heavy (non-hydrogen) atoms. The summed E-state index contributed by atoms with van der Waals surface area (Å²) in [7, 11) is 0. The van der Waals surface area contributed by atoms with Crippen molar-refractivity contribution < 1.29 is 9.90 Å². The van der Waals surface area contributed by atoms with Crippen LogP contribution in [-0.2, 0) is 4.79 Å². The van der Waals surface area contributed by atoms with E-state index in [0.29, 0.717) is 6.42 Å². The molecule has 4 nitrogen and oxygen atoms in total. The van der Waals surface area contributed by atoms with E-state index in [1.165, 1.54) is 0 Å². The van der Waals surface area contributed by atoms with Crippen molar-refractivity contribution in [2.45, 2.75) is 13.3 Å². The second kappa shape index (κ2) is 6.52. The molecule has 0 unspecified atom stereocenters. The van der Waals surface area contributed by atoms with Crippen LogP contribution in [0.4, 0.5) is 0 Å². The van der Waals surface area contributed by atoms with Crippen LogP contribution >= 0.6 is 0 Å². The molecule has 4 heteroatoms. The average Bonchev–Trinajstić information content (AvgIpc) is 2.48. The highest BCUT2D eigenvalue weighted by Crippen LogP contribution is 2.28. The van der Waals surface area contributed by atoms with Gasteiger partial charge in [-0.25, -0.2) is 5.43 Å². The van der Waals surface area contributed by atoms with Crippen LogP contribution in [-0.4, -0.2) is 17.2 Å². The van der Waals surface area contributed by atoms with Gasteiger partial charge in [-0.05, 0) is 17.2 Å². The zero-order chi connectivity index (χ0) is 14.4. The van der Waals surface area contributed by atoms with Crippen LogP contribution in [0, 0.1) is 0 Å². The van der Waals surface area contributed by atoms with Crippen molar-refractivity contribution in [1.29, 1.82) is 0 Å². The van der Waals surface area contributed by atoms with Gasteiger partial charge in [0.05, 0.1) is 6.21 Å². The van der Waals surface area contributed by atoms with Crippen molar-refractivity contribution in [2.75, 3.05) is 0 Å². The highest BCUT2D eigenvalue weighted by atomic mass is 16.3. The molecule has 2 aromatic rings. The van der Waals surface area contributed by atoms with E-state index in [0.717, 1.165) is 16.7 Å². The molecule has 1 amide bonds. The standard InChI is InChI=1S/C16H16N2O2/c1-2-16(20)18-17-11-12-7-9-13(10-8-12)14-5-3-4-6-15(14)19/h3-11,19H,2H2,1H3,(H,18,20)/b17-11+. The molecule has 0 aromatic heterocycles. The summed E-state index contributed by atoms with van der Waals surface area (Å²) in [5, 5.41) is 13.6. The molecule has 0 fully saturated rings. The van der Waals surface area contributed by atoms with Crippen molar-refractivity contribution in [3.63, 3.8) is 0 Å². The number of hydrazone groups is 1. The quantitative estimate of drug-likeness (QED) is 0.661. The highest BCUT2D eigenvalue weighted by Gasteiger charge is 2.02. The van der Waals surface area contributed by atoms with Crippen molar-refractivity contribution in [3.8, 4) is 16.9 Å². The zero-order valence-corrected chi connectivity index (χ0v) is 11.2. The number of rotatable bonds is 4. The number of phenolic OH excluding ortho intramolecular Hbond substituents is 1. The number of nitrogens with zero attached hydrogens (tertiary/aromatic N) is 1. The second-order valence-corrected chi connectivity index (χ2v) is 4.29. The zero-order valence-electron chi connectivity index (χ0n) is 11.2. The van der Waals surface area contributed by atoms with Crippen LogP contribution in [0.15, 0.2) is 53.6 Å². The number of hydrogen-bond acceptors (Lipinski definition) is 3. The summed E-state index contributed by atoms with van der Waals surface area (Å²) in [4.78, 5) is 11.0. The summed E-state index contributed by atoms with van der Waals surface area (Å²) >= 11 is 0. The normalized spacial score (nSPS) is 10.7. The van der Waals surface area contributed by atoms with Gasteiger partial charge in [0, 0.05) is 12.0 Å². The molecule has 2 rings (SSSR count). The van der Waals surface area contributed by atoms with Crippen LogP contribution in [0.5, 0.6) is 5.75 Å².